The van der Waals surface area contributed by atoms with E-state index in [1.807, 2.05) is 0 Å². The largest absolute Gasteiger partial charge is 0.417 e. The first kappa shape index (κ1) is 13.4. The zero-order valence-electron chi connectivity index (χ0n) is 10.8. The van der Waals surface area contributed by atoms with Crippen molar-refractivity contribution in [3.8, 4) is 0 Å². The van der Waals surface area contributed by atoms with E-state index in [0.717, 1.165) is 38.2 Å². The van der Waals surface area contributed by atoms with E-state index in [1.165, 1.54) is 10.5 Å². The predicted molar refractivity (Wildman–Crippen MR) is 67.3 cm³/mol. The normalized spacial score (nSPS) is 19.9. The van der Waals surface area contributed by atoms with Gasteiger partial charge in [0.15, 0.2) is 5.65 Å². The average Bonchev–Trinajstić information content (AvgIpc) is 3.04. The molecule has 1 unspecified atom stereocenters. The highest BCUT2D eigenvalue weighted by molar-refractivity contribution is 5.40. The van der Waals surface area contributed by atoms with Gasteiger partial charge in [-0.1, -0.05) is 0 Å². The topological polar surface area (TPSA) is 42.2 Å². The zero-order valence-corrected chi connectivity index (χ0v) is 10.8. The van der Waals surface area contributed by atoms with Gasteiger partial charge in [0.1, 0.15) is 5.82 Å². The summed E-state index contributed by atoms with van der Waals surface area (Å²) in [4.78, 5) is 0. The van der Waals surface area contributed by atoms with E-state index in [1.54, 1.807) is 0 Å². The van der Waals surface area contributed by atoms with Gasteiger partial charge in [0.25, 0.3) is 0 Å². The number of aromatic nitrogens is 3. The summed E-state index contributed by atoms with van der Waals surface area (Å²) in [6, 6.07) is 2.39. The monoisotopic (exact) mass is 284 g/mol. The third-order valence-corrected chi connectivity index (χ3v) is 3.74. The standard InChI is InChI=1S/C13H15F3N4/c14-13(15,16)10-2-4-12-19-18-11(20(12)8-10)3-1-9-5-6-17-7-9/h2,4,8-9,17H,1,3,5-7H2. The second kappa shape index (κ2) is 5.05. The van der Waals surface area contributed by atoms with Gasteiger partial charge in [-0.15, -0.1) is 10.2 Å². The molecule has 1 fully saturated rings. The van der Waals surface area contributed by atoms with E-state index >= 15 is 0 Å². The molecule has 0 saturated carbocycles. The summed E-state index contributed by atoms with van der Waals surface area (Å²) in [7, 11) is 0. The number of hydrogen-bond acceptors (Lipinski definition) is 3. The minimum atomic E-state index is -4.34. The highest BCUT2D eigenvalue weighted by atomic mass is 19.4. The Bertz CT molecular complexity index is 599. The van der Waals surface area contributed by atoms with Crippen molar-refractivity contribution < 1.29 is 13.2 Å². The smallest absolute Gasteiger partial charge is 0.316 e. The lowest BCUT2D eigenvalue weighted by atomic mass is 10.0. The fourth-order valence-corrected chi connectivity index (χ4v) is 2.57. The van der Waals surface area contributed by atoms with Crippen LogP contribution in [0.25, 0.3) is 5.65 Å². The van der Waals surface area contributed by atoms with Crippen molar-refractivity contribution in [1.82, 2.24) is 19.9 Å². The molecule has 0 bridgehead atoms. The Morgan fingerprint density at radius 2 is 2.15 bits per heavy atom. The molecule has 0 amide bonds. The molecule has 7 heteroatoms. The fraction of sp³-hybridized carbons (Fsp3) is 0.538. The van der Waals surface area contributed by atoms with Gasteiger partial charge in [0.2, 0.25) is 0 Å². The number of fused-ring (bicyclic) bond motifs is 1. The van der Waals surface area contributed by atoms with Crippen LogP contribution in [0, 0.1) is 5.92 Å². The van der Waals surface area contributed by atoms with Gasteiger partial charge in [0.05, 0.1) is 5.56 Å². The molecule has 108 valence electrons. The molecule has 1 N–H and O–H groups in total. The highest BCUT2D eigenvalue weighted by Crippen LogP contribution is 2.29. The van der Waals surface area contributed by atoms with E-state index in [4.69, 9.17) is 0 Å². The summed E-state index contributed by atoms with van der Waals surface area (Å²) in [5.41, 5.74) is -0.217. The van der Waals surface area contributed by atoms with Gasteiger partial charge in [-0.2, -0.15) is 13.2 Å². The summed E-state index contributed by atoms with van der Waals surface area (Å²) < 4.78 is 39.6. The Morgan fingerprint density at radius 1 is 1.30 bits per heavy atom. The number of aryl methyl sites for hydroxylation is 1. The van der Waals surface area contributed by atoms with Gasteiger partial charge in [-0.05, 0) is 44.0 Å². The van der Waals surface area contributed by atoms with Gasteiger partial charge >= 0.3 is 6.18 Å². The van der Waals surface area contributed by atoms with Crippen molar-refractivity contribution >= 4 is 5.65 Å². The SMILES string of the molecule is FC(F)(F)c1ccc2nnc(CCC3CCNC3)n2c1. The lowest BCUT2D eigenvalue weighted by Crippen LogP contribution is -2.10. The maximum absolute atomic E-state index is 12.7. The van der Waals surface area contributed by atoms with Crippen LogP contribution in [0.5, 0.6) is 0 Å². The van der Waals surface area contributed by atoms with Crippen molar-refractivity contribution in [2.24, 2.45) is 5.92 Å². The Hall–Kier alpha value is -1.63. The van der Waals surface area contributed by atoms with Gasteiger partial charge < -0.3 is 5.32 Å². The molecule has 1 aliphatic rings. The first-order chi connectivity index (χ1) is 9.54. The average molecular weight is 284 g/mol. The lowest BCUT2D eigenvalue weighted by Gasteiger charge is -2.09. The minimum absolute atomic E-state index is 0.456. The number of nitrogens with one attached hydrogen (secondary N) is 1. The molecule has 3 heterocycles. The molecule has 0 spiro atoms. The summed E-state index contributed by atoms with van der Waals surface area (Å²) in [6.07, 6.45) is -0.577. The molecule has 0 aliphatic carbocycles. The van der Waals surface area contributed by atoms with Crippen LogP contribution in [-0.2, 0) is 12.6 Å². The molecule has 20 heavy (non-hydrogen) atoms. The number of nitrogens with zero attached hydrogens (tertiary/aromatic N) is 3. The van der Waals surface area contributed by atoms with Crippen LogP contribution in [0.2, 0.25) is 0 Å². The van der Waals surface area contributed by atoms with Crippen LogP contribution in [0.4, 0.5) is 13.2 Å². The number of hydrogen-bond donors (Lipinski definition) is 1. The Balaban J connectivity index is 1.83. The second-order valence-corrected chi connectivity index (χ2v) is 5.16. The van der Waals surface area contributed by atoms with Gasteiger partial charge in [0, 0.05) is 12.6 Å². The maximum Gasteiger partial charge on any atom is 0.417 e. The van der Waals surface area contributed by atoms with Gasteiger partial charge in [-0.3, -0.25) is 4.40 Å². The van der Waals surface area contributed by atoms with E-state index < -0.39 is 11.7 Å². The number of pyridine rings is 1. The van der Waals surface area contributed by atoms with E-state index in [-0.39, 0.29) is 0 Å². The third kappa shape index (κ3) is 2.63. The van der Waals surface area contributed by atoms with E-state index in [0.29, 0.717) is 23.8 Å². The van der Waals surface area contributed by atoms with Crippen molar-refractivity contribution in [3.05, 3.63) is 29.7 Å². The molecule has 2 aromatic heterocycles. The molecular weight excluding hydrogens is 269 g/mol. The predicted octanol–water partition coefficient (Wildman–Crippen LogP) is 2.29. The molecule has 1 atom stereocenters. The van der Waals surface area contributed by atoms with Crippen molar-refractivity contribution in [2.45, 2.75) is 25.4 Å². The Labute approximate surface area is 114 Å². The fourth-order valence-electron chi connectivity index (χ4n) is 2.57. The van der Waals surface area contributed by atoms with Crippen LogP contribution in [0.15, 0.2) is 18.3 Å². The van der Waals surface area contributed by atoms with Crippen LogP contribution in [0.3, 0.4) is 0 Å². The Kier molecular flexibility index (Phi) is 3.37. The first-order valence-corrected chi connectivity index (χ1v) is 6.65. The molecule has 3 rings (SSSR count). The minimum Gasteiger partial charge on any atom is -0.316 e. The Morgan fingerprint density at radius 3 is 2.85 bits per heavy atom. The van der Waals surface area contributed by atoms with E-state index in [9.17, 15) is 13.2 Å². The summed E-state index contributed by atoms with van der Waals surface area (Å²) >= 11 is 0. The first-order valence-electron chi connectivity index (χ1n) is 6.65. The number of halogens is 3. The molecule has 0 radical (unpaired) electrons. The lowest BCUT2D eigenvalue weighted by molar-refractivity contribution is -0.137. The molecular formula is C13H15F3N4. The summed E-state index contributed by atoms with van der Waals surface area (Å²) in [5.74, 6) is 1.17. The molecule has 1 aliphatic heterocycles. The zero-order chi connectivity index (χ0) is 14.2. The summed E-state index contributed by atoms with van der Waals surface area (Å²) in [6.45, 7) is 1.99. The molecule has 0 aromatic carbocycles. The maximum atomic E-state index is 12.7. The van der Waals surface area contributed by atoms with Crippen LogP contribution >= 0.6 is 0 Å². The second-order valence-electron chi connectivity index (χ2n) is 5.16. The van der Waals surface area contributed by atoms with Crippen molar-refractivity contribution in [1.29, 1.82) is 0 Å². The van der Waals surface area contributed by atoms with Crippen molar-refractivity contribution in [2.75, 3.05) is 13.1 Å². The quantitative estimate of drug-likeness (QED) is 0.940. The van der Waals surface area contributed by atoms with Crippen LogP contribution in [-0.4, -0.2) is 27.7 Å². The van der Waals surface area contributed by atoms with Crippen LogP contribution < -0.4 is 5.32 Å². The van der Waals surface area contributed by atoms with Crippen molar-refractivity contribution in [3.63, 3.8) is 0 Å². The molecule has 4 nitrogen and oxygen atoms in total. The number of rotatable bonds is 3. The number of alkyl halides is 3. The third-order valence-electron chi connectivity index (χ3n) is 3.74. The highest BCUT2D eigenvalue weighted by Gasteiger charge is 2.31. The van der Waals surface area contributed by atoms with E-state index in [2.05, 4.69) is 15.5 Å². The molecule has 2 aromatic rings. The van der Waals surface area contributed by atoms with Crippen LogP contribution in [0.1, 0.15) is 24.2 Å². The summed E-state index contributed by atoms with van der Waals surface area (Å²) in [5, 5.41) is 11.2. The van der Waals surface area contributed by atoms with Gasteiger partial charge in [-0.25, -0.2) is 0 Å². The molecule has 1 saturated heterocycles.